The molecule has 1 heterocycles. The first kappa shape index (κ1) is 33.4. The third kappa shape index (κ3) is 6.74. The second kappa shape index (κ2) is 14.6. The van der Waals surface area contributed by atoms with Crippen LogP contribution < -0.4 is 4.74 Å². The molecular formula is C52H37N3O. The maximum atomic E-state index is 6.31. The Morgan fingerprint density at radius 3 is 1.41 bits per heavy atom. The first-order valence-corrected chi connectivity index (χ1v) is 19.2. The third-order valence-electron chi connectivity index (χ3n) is 10.8. The zero-order valence-corrected chi connectivity index (χ0v) is 30.7. The molecule has 0 spiro atoms. The van der Waals surface area contributed by atoms with Crippen molar-refractivity contribution in [1.82, 2.24) is 15.0 Å². The zero-order chi connectivity index (χ0) is 37.3. The van der Waals surface area contributed by atoms with E-state index in [4.69, 9.17) is 19.7 Å². The molecule has 56 heavy (non-hydrogen) atoms. The number of aromatic nitrogens is 3. The molecule has 2 aliphatic rings. The van der Waals surface area contributed by atoms with E-state index in [2.05, 4.69) is 133 Å². The minimum Gasteiger partial charge on any atom is -0.457 e. The highest BCUT2D eigenvalue weighted by molar-refractivity contribution is 5.84. The van der Waals surface area contributed by atoms with E-state index in [-0.39, 0.29) is 5.92 Å². The lowest BCUT2D eigenvalue weighted by Crippen LogP contribution is -2.05. The van der Waals surface area contributed by atoms with Crippen molar-refractivity contribution in [2.24, 2.45) is 0 Å². The topological polar surface area (TPSA) is 47.9 Å². The van der Waals surface area contributed by atoms with Gasteiger partial charge in [0.05, 0.1) is 0 Å². The second-order valence-electron chi connectivity index (χ2n) is 14.4. The van der Waals surface area contributed by atoms with E-state index < -0.39 is 0 Å². The van der Waals surface area contributed by atoms with Gasteiger partial charge in [0.1, 0.15) is 11.5 Å². The van der Waals surface area contributed by atoms with Gasteiger partial charge < -0.3 is 4.74 Å². The van der Waals surface area contributed by atoms with Crippen LogP contribution in [0.5, 0.6) is 11.5 Å². The fraction of sp³-hybridized carbons (Fsp3) is 0.0577. The molecule has 1 aromatic heterocycles. The van der Waals surface area contributed by atoms with Crippen LogP contribution in [0.3, 0.4) is 0 Å². The maximum absolute atomic E-state index is 6.31. The van der Waals surface area contributed by atoms with Crippen molar-refractivity contribution in [3.8, 4) is 67.7 Å². The van der Waals surface area contributed by atoms with Gasteiger partial charge >= 0.3 is 0 Å². The summed E-state index contributed by atoms with van der Waals surface area (Å²) in [7, 11) is 0. The first-order chi connectivity index (χ1) is 27.7. The van der Waals surface area contributed by atoms with E-state index in [1.165, 1.54) is 50.1 Å². The Morgan fingerprint density at radius 2 is 0.893 bits per heavy atom. The highest BCUT2D eigenvalue weighted by Gasteiger charge is 2.20. The largest absolute Gasteiger partial charge is 0.457 e. The van der Waals surface area contributed by atoms with Gasteiger partial charge in [0, 0.05) is 22.6 Å². The van der Waals surface area contributed by atoms with Crippen LogP contribution in [0.25, 0.3) is 61.7 Å². The van der Waals surface area contributed by atoms with Crippen molar-refractivity contribution in [2.45, 2.75) is 18.8 Å². The molecule has 0 saturated carbocycles. The summed E-state index contributed by atoms with van der Waals surface area (Å²) in [6.45, 7) is 0. The highest BCUT2D eigenvalue weighted by atomic mass is 16.5. The molecule has 0 amide bonds. The van der Waals surface area contributed by atoms with Crippen molar-refractivity contribution >= 4 is 5.57 Å². The summed E-state index contributed by atoms with van der Waals surface area (Å²) in [5.41, 5.74) is 14.5. The number of nitrogens with zero attached hydrogens (tertiary/aromatic N) is 3. The number of hydrogen-bond acceptors (Lipinski definition) is 4. The Morgan fingerprint density at radius 1 is 0.429 bits per heavy atom. The fourth-order valence-corrected chi connectivity index (χ4v) is 7.76. The number of fused-ring (bicyclic) bond motifs is 3. The molecule has 4 heteroatoms. The molecule has 0 radical (unpaired) electrons. The SMILES string of the molecule is C1=CC(c2ccc(Oc3ccc(-c4ccc5c(c4)-c4cc(-c6ccccc6)ccc4C5)cc3)cc2)CC=C1c1nc(-c2ccccc2)nc(-c2ccccc2)n1. The average molecular weight is 720 g/mol. The predicted molar refractivity (Wildman–Crippen MR) is 227 cm³/mol. The number of hydrogen-bond donors (Lipinski definition) is 0. The van der Waals surface area contributed by atoms with Crippen molar-refractivity contribution < 1.29 is 4.74 Å². The van der Waals surface area contributed by atoms with Gasteiger partial charge in [0.15, 0.2) is 17.5 Å². The van der Waals surface area contributed by atoms with Crippen LogP contribution in [0.15, 0.2) is 194 Å². The van der Waals surface area contributed by atoms with Gasteiger partial charge in [-0.1, -0.05) is 158 Å². The van der Waals surface area contributed by atoms with Crippen LogP contribution in [-0.4, -0.2) is 15.0 Å². The number of allylic oxidation sites excluding steroid dienone is 4. The van der Waals surface area contributed by atoms with Gasteiger partial charge in [-0.25, -0.2) is 15.0 Å². The third-order valence-corrected chi connectivity index (χ3v) is 10.8. The standard InChI is InChI=1S/C52H37N3O/c1-4-10-35(11-5-1)42-20-22-44-32-45-23-21-43(34-49(45)48(44)33-42)38-26-30-47(31-27-38)56-46-28-24-37(25-29-46)36-16-18-41(19-17-36)52-54-50(39-12-6-2-7-13-39)53-51(55-52)40-14-8-3-9-15-40/h1-16,18-31,33-34,36H,17,32H2. The monoisotopic (exact) mass is 719 g/mol. The summed E-state index contributed by atoms with van der Waals surface area (Å²) in [5, 5.41) is 0. The fourth-order valence-electron chi connectivity index (χ4n) is 7.76. The van der Waals surface area contributed by atoms with Crippen LogP contribution >= 0.6 is 0 Å². The minimum atomic E-state index is 0.250. The first-order valence-electron chi connectivity index (χ1n) is 19.2. The number of benzene rings is 7. The predicted octanol–water partition coefficient (Wildman–Crippen LogP) is 13.0. The van der Waals surface area contributed by atoms with E-state index in [9.17, 15) is 0 Å². The molecule has 0 saturated heterocycles. The Labute approximate surface area is 327 Å². The van der Waals surface area contributed by atoms with Crippen LogP contribution in [0.2, 0.25) is 0 Å². The van der Waals surface area contributed by atoms with E-state index >= 15 is 0 Å². The van der Waals surface area contributed by atoms with Gasteiger partial charge in [-0.2, -0.15) is 0 Å². The van der Waals surface area contributed by atoms with Crippen LogP contribution in [0.4, 0.5) is 0 Å². The summed E-state index contributed by atoms with van der Waals surface area (Å²) in [6, 6.07) is 61.4. The minimum absolute atomic E-state index is 0.250. The molecule has 4 nitrogen and oxygen atoms in total. The summed E-state index contributed by atoms with van der Waals surface area (Å²) in [4.78, 5) is 14.6. The molecule has 0 N–H and O–H groups in total. The van der Waals surface area contributed by atoms with Crippen molar-refractivity contribution in [3.63, 3.8) is 0 Å². The van der Waals surface area contributed by atoms with Crippen molar-refractivity contribution in [3.05, 3.63) is 217 Å². The van der Waals surface area contributed by atoms with E-state index in [0.29, 0.717) is 17.5 Å². The Kier molecular flexibility index (Phi) is 8.69. The Hall–Kier alpha value is -7.17. The lowest BCUT2D eigenvalue weighted by atomic mass is 9.90. The molecular weight excluding hydrogens is 683 g/mol. The highest BCUT2D eigenvalue weighted by Crippen LogP contribution is 2.41. The van der Waals surface area contributed by atoms with Gasteiger partial charge in [-0.3, -0.25) is 0 Å². The lowest BCUT2D eigenvalue weighted by molar-refractivity contribution is 0.482. The zero-order valence-electron chi connectivity index (χ0n) is 30.7. The summed E-state index contributed by atoms with van der Waals surface area (Å²) in [5.74, 6) is 3.90. The molecule has 266 valence electrons. The van der Waals surface area contributed by atoms with Crippen LogP contribution in [0.1, 0.15) is 34.9 Å². The molecule has 1 atom stereocenters. The Balaban J connectivity index is 0.818. The Bertz CT molecular complexity index is 2680. The smallest absolute Gasteiger partial charge is 0.164 e. The van der Waals surface area contributed by atoms with E-state index in [1.807, 2.05) is 60.7 Å². The molecule has 7 aromatic carbocycles. The summed E-state index contributed by atoms with van der Waals surface area (Å²) < 4.78 is 6.31. The molecule has 1 unspecified atom stereocenters. The summed E-state index contributed by atoms with van der Waals surface area (Å²) in [6.07, 6.45) is 8.45. The van der Waals surface area contributed by atoms with Gasteiger partial charge in [0.25, 0.3) is 0 Å². The van der Waals surface area contributed by atoms with Crippen LogP contribution in [0, 0.1) is 0 Å². The van der Waals surface area contributed by atoms with Gasteiger partial charge in [0.2, 0.25) is 0 Å². The lowest BCUT2D eigenvalue weighted by Gasteiger charge is -2.17. The molecule has 2 aliphatic carbocycles. The summed E-state index contributed by atoms with van der Waals surface area (Å²) >= 11 is 0. The number of ether oxygens (including phenoxy) is 1. The second-order valence-corrected chi connectivity index (χ2v) is 14.4. The van der Waals surface area contributed by atoms with Crippen LogP contribution in [-0.2, 0) is 6.42 Å². The molecule has 0 fully saturated rings. The number of rotatable bonds is 8. The van der Waals surface area contributed by atoms with Gasteiger partial charge in [-0.15, -0.1) is 0 Å². The van der Waals surface area contributed by atoms with E-state index in [0.717, 1.165) is 41.0 Å². The quantitative estimate of drug-likeness (QED) is 0.157. The van der Waals surface area contributed by atoms with Crippen molar-refractivity contribution in [2.75, 3.05) is 0 Å². The molecule has 8 aromatic rings. The van der Waals surface area contributed by atoms with E-state index in [1.54, 1.807) is 0 Å². The molecule has 10 rings (SSSR count). The van der Waals surface area contributed by atoms with Gasteiger partial charge in [-0.05, 0) is 99.3 Å². The molecule has 0 bridgehead atoms. The molecule has 0 aliphatic heterocycles. The average Bonchev–Trinajstić information content (AvgIpc) is 3.65. The maximum Gasteiger partial charge on any atom is 0.164 e. The normalized spacial score (nSPS) is 14.1. The van der Waals surface area contributed by atoms with Crippen molar-refractivity contribution in [1.29, 1.82) is 0 Å².